The molecule has 0 spiro atoms. The number of carbonyl (C=O) groups excluding carboxylic acids is 1. The Balaban J connectivity index is 0.00000480. The van der Waals surface area contributed by atoms with Crippen molar-refractivity contribution in [2.75, 3.05) is 19.7 Å². The van der Waals surface area contributed by atoms with Crippen LogP contribution >= 0.6 is 7.82 Å². The van der Waals surface area contributed by atoms with Gasteiger partial charge in [-0.25, -0.2) is 4.57 Å². The number of hydrogen-bond acceptors (Lipinski definition) is 5. The summed E-state index contributed by atoms with van der Waals surface area (Å²) < 4.78 is 21.4. The number of phosphoric ester groups is 1. The van der Waals surface area contributed by atoms with Crippen LogP contribution in [0.4, 0.5) is 0 Å². The fourth-order valence-electron chi connectivity index (χ4n) is 3.65. The van der Waals surface area contributed by atoms with Gasteiger partial charge in [-0.3, -0.25) is 9.32 Å². The largest absolute Gasteiger partial charge is 0.494 e. The third-order valence-corrected chi connectivity index (χ3v) is 5.92. The summed E-state index contributed by atoms with van der Waals surface area (Å²) in [5.74, 6) is 0.833. The van der Waals surface area contributed by atoms with Crippen molar-refractivity contribution in [1.82, 2.24) is 11.1 Å². The highest BCUT2D eigenvalue weighted by molar-refractivity contribution is 7.46. The summed E-state index contributed by atoms with van der Waals surface area (Å²) in [4.78, 5) is 31.7. The van der Waals surface area contributed by atoms with Gasteiger partial charge in [0, 0.05) is 19.5 Å². The number of phosphoric acid groups is 1. The third-order valence-electron chi connectivity index (χ3n) is 5.35. The first-order valence-electron chi connectivity index (χ1n) is 11.1. The van der Waals surface area contributed by atoms with Crippen LogP contribution in [0.25, 0.3) is 0 Å². The van der Waals surface area contributed by atoms with E-state index in [1.54, 1.807) is 4.90 Å². The Labute approximate surface area is 186 Å². The van der Waals surface area contributed by atoms with Gasteiger partial charge in [0.1, 0.15) is 5.75 Å². The van der Waals surface area contributed by atoms with Gasteiger partial charge in [-0.15, -0.1) is 0 Å². The smallest absolute Gasteiger partial charge is 0.469 e. The Kier molecular flexibility index (Phi) is 13.0. The molecule has 0 aliphatic carbocycles. The van der Waals surface area contributed by atoms with Crippen molar-refractivity contribution in [1.29, 1.82) is 0 Å². The number of carbonyl (C=O) groups is 1. The van der Waals surface area contributed by atoms with Crippen LogP contribution in [0.15, 0.2) is 24.3 Å². The van der Waals surface area contributed by atoms with Gasteiger partial charge < -0.3 is 25.6 Å². The minimum absolute atomic E-state index is 0. The lowest BCUT2D eigenvalue weighted by atomic mass is 10.1. The van der Waals surface area contributed by atoms with E-state index < -0.39 is 13.9 Å². The van der Waals surface area contributed by atoms with E-state index in [2.05, 4.69) is 11.4 Å². The van der Waals surface area contributed by atoms with E-state index in [1.807, 2.05) is 24.3 Å². The molecule has 0 unspecified atom stereocenters. The van der Waals surface area contributed by atoms with E-state index in [0.29, 0.717) is 25.8 Å². The maximum atomic E-state index is 12.3. The number of nitrogens with zero attached hydrogens (tertiary/aromatic N) is 1. The summed E-state index contributed by atoms with van der Waals surface area (Å²) in [6.07, 6.45) is 9.66. The highest BCUT2D eigenvalue weighted by atomic mass is 31.2. The molecule has 178 valence electrons. The van der Waals surface area contributed by atoms with Gasteiger partial charge in [0.25, 0.3) is 0 Å². The molecule has 1 aromatic rings. The molecule has 1 amide bonds. The quantitative estimate of drug-likeness (QED) is 0.274. The van der Waals surface area contributed by atoms with Gasteiger partial charge >= 0.3 is 7.82 Å². The second-order valence-corrected chi connectivity index (χ2v) is 9.15. The van der Waals surface area contributed by atoms with Gasteiger partial charge in [0.2, 0.25) is 5.91 Å². The molecular formula is C22H39N2O6P. The Bertz CT molecular complexity index is 679. The van der Waals surface area contributed by atoms with E-state index in [-0.39, 0.29) is 18.6 Å². The molecule has 31 heavy (non-hydrogen) atoms. The van der Waals surface area contributed by atoms with Gasteiger partial charge in [-0.05, 0) is 37.0 Å². The molecule has 1 aromatic carbocycles. The molecule has 1 saturated heterocycles. The topological polar surface area (TPSA) is 131 Å². The number of ether oxygens (including phenoxy) is 1. The molecule has 1 aliphatic rings. The average Bonchev–Trinajstić information content (AvgIpc) is 3.16. The summed E-state index contributed by atoms with van der Waals surface area (Å²) in [5, 5.41) is 0. The Hall–Kier alpha value is -1.44. The average molecular weight is 459 g/mol. The highest BCUT2D eigenvalue weighted by Gasteiger charge is 2.31. The number of likely N-dealkylation sites (tertiary alicyclic amines) is 1. The minimum Gasteiger partial charge on any atom is -0.494 e. The number of aryl methyl sites for hydroxylation is 1. The van der Waals surface area contributed by atoms with Crippen LogP contribution in [0.1, 0.15) is 70.3 Å². The van der Waals surface area contributed by atoms with Crippen LogP contribution in [0, 0.1) is 0 Å². The fraction of sp³-hybridized carbons (Fsp3) is 0.682. The first-order valence-corrected chi connectivity index (χ1v) is 12.6. The zero-order valence-corrected chi connectivity index (χ0v) is 19.6. The van der Waals surface area contributed by atoms with Crippen molar-refractivity contribution in [3.8, 4) is 5.75 Å². The van der Waals surface area contributed by atoms with Crippen LogP contribution in [-0.4, -0.2) is 46.4 Å². The zero-order chi connectivity index (χ0) is 21.8. The summed E-state index contributed by atoms with van der Waals surface area (Å²) >= 11 is 0. The number of amides is 1. The Morgan fingerprint density at radius 3 is 2.39 bits per heavy atom. The number of benzene rings is 1. The van der Waals surface area contributed by atoms with Crippen molar-refractivity contribution in [3.63, 3.8) is 0 Å². The molecule has 1 heterocycles. The maximum absolute atomic E-state index is 12.3. The van der Waals surface area contributed by atoms with E-state index >= 15 is 0 Å². The van der Waals surface area contributed by atoms with E-state index in [9.17, 15) is 9.36 Å². The van der Waals surface area contributed by atoms with Crippen LogP contribution in [0.5, 0.6) is 5.75 Å². The van der Waals surface area contributed by atoms with Crippen molar-refractivity contribution in [2.24, 2.45) is 0 Å². The first-order chi connectivity index (χ1) is 14.4. The molecule has 5 N–H and O–H groups in total. The predicted molar refractivity (Wildman–Crippen MR) is 121 cm³/mol. The molecule has 1 atom stereocenters. The molecular weight excluding hydrogens is 419 g/mol. The van der Waals surface area contributed by atoms with Crippen LogP contribution in [0.2, 0.25) is 0 Å². The van der Waals surface area contributed by atoms with Gasteiger partial charge in [0.15, 0.2) is 0 Å². The Morgan fingerprint density at radius 2 is 1.74 bits per heavy atom. The standard InChI is InChI=1S/C22H36NO6P.H3N/c1-2-3-4-5-6-7-8-17-28-20-12-9-19(10-13-20)11-14-22(24)23-16-15-21(18-23)29-30(25,26)27;/h9-10,12-13,21H,2-8,11,14-18H2,1H3,(H2,25,26,27);1H3/t21-;/m1./s1. The minimum atomic E-state index is -4.51. The van der Waals surface area contributed by atoms with E-state index in [4.69, 9.17) is 14.5 Å². The molecule has 2 rings (SSSR count). The number of unbranched alkanes of at least 4 members (excludes halogenated alkanes) is 6. The summed E-state index contributed by atoms with van der Waals surface area (Å²) in [5.41, 5.74) is 1.06. The molecule has 9 heteroatoms. The van der Waals surface area contributed by atoms with Gasteiger partial charge in [0.05, 0.1) is 12.7 Å². The van der Waals surface area contributed by atoms with Crippen molar-refractivity contribution >= 4 is 13.7 Å². The predicted octanol–water partition coefficient (Wildman–Crippen LogP) is 4.62. The summed E-state index contributed by atoms with van der Waals surface area (Å²) in [7, 11) is -4.51. The fourth-order valence-corrected chi connectivity index (χ4v) is 4.21. The molecule has 8 nitrogen and oxygen atoms in total. The normalized spacial score (nSPS) is 16.2. The number of rotatable bonds is 14. The molecule has 0 bridgehead atoms. The van der Waals surface area contributed by atoms with Crippen molar-refractivity contribution in [2.45, 2.75) is 77.2 Å². The zero-order valence-electron chi connectivity index (χ0n) is 18.7. The summed E-state index contributed by atoms with van der Waals surface area (Å²) in [6, 6.07) is 7.86. The van der Waals surface area contributed by atoms with E-state index in [1.165, 1.54) is 38.5 Å². The lowest BCUT2D eigenvalue weighted by molar-refractivity contribution is -0.130. The molecule has 1 fully saturated rings. The van der Waals surface area contributed by atoms with Crippen LogP contribution in [-0.2, 0) is 20.3 Å². The second kappa shape index (κ2) is 14.6. The third kappa shape index (κ3) is 11.7. The van der Waals surface area contributed by atoms with Gasteiger partial charge in [-0.2, -0.15) is 0 Å². The second-order valence-electron chi connectivity index (χ2n) is 7.96. The van der Waals surface area contributed by atoms with Crippen LogP contribution < -0.4 is 10.9 Å². The Morgan fingerprint density at radius 1 is 1.10 bits per heavy atom. The highest BCUT2D eigenvalue weighted by Crippen LogP contribution is 2.39. The summed E-state index contributed by atoms with van der Waals surface area (Å²) in [6.45, 7) is 3.66. The van der Waals surface area contributed by atoms with Crippen molar-refractivity contribution in [3.05, 3.63) is 29.8 Å². The lowest BCUT2D eigenvalue weighted by Gasteiger charge is -2.17. The molecule has 0 radical (unpaired) electrons. The first kappa shape index (κ1) is 27.6. The van der Waals surface area contributed by atoms with Gasteiger partial charge in [-0.1, -0.05) is 57.6 Å². The van der Waals surface area contributed by atoms with Crippen LogP contribution in [0.3, 0.4) is 0 Å². The molecule has 0 saturated carbocycles. The maximum Gasteiger partial charge on any atom is 0.469 e. The number of hydrogen-bond donors (Lipinski definition) is 3. The van der Waals surface area contributed by atoms with Crippen molar-refractivity contribution < 1.29 is 28.4 Å². The SMILES string of the molecule is CCCCCCCCCOc1ccc(CCC(=O)N2CC[C@@H](OP(=O)(O)O)C2)cc1.N. The molecule has 1 aliphatic heterocycles. The lowest BCUT2D eigenvalue weighted by Crippen LogP contribution is -2.30. The monoisotopic (exact) mass is 458 g/mol. The van der Waals surface area contributed by atoms with E-state index in [0.717, 1.165) is 24.3 Å². The molecule has 0 aromatic heterocycles.